The summed E-state index contributed by atoms with van der Waals surface area (Å²) in [4.78, 5) is 27.8. The Morgan fingerprint density at radius 1 is 1.08 bits per heavy atom. The van der Waals surface area contributed by atoms with Crippen LogP contribution >= 0.6 is 0 Å². The van der Waals surface area contributed by atoms with Gasteiger partial charge in [-0.15, -0.1) is 0 Å². The van der Waals surface area contributed by atoms with Gasteiger partial charge in [-0.3, -0.25) is 13.9 Å². The molecule has 0 heterocycles. The second-order valence-corrected chi connectivity index (χ2v) is 11.0. The lowest BCUT2D eigenvalue weighted by Crippen LogP contribution is -2.49. The van der Waals surface area contributed by atoms with Crippen LogP contribution in [0, 0.1) is 6.92 Å². The largest absolute Gasteiger partial charge is 0.497 e. The van der Waals surface area contributed by atoms with E-state index in [2.05, 4.69) is 5.32 Å². The van der Waals surface area contributed by atoms with Crippen LogP contribution in [-0.2, 0) is 26.2 Å². The van der Waals surface area contributed by atoms with Gasteiger partial charge in [0.05, 0.1) is 19.1 Å². The molecule has 9 heteroatoms. The Hall–Kier alpha value is -3.07. The van der Waals surface area contributed by atoms with Gasteiger partial charge in [0.1, 0.15) is 11.8 Å². The summed E-state index contributed by atoms with van der Waals surface area (Å²) in [5, 5.41) is 2.96. The zero-order valence-electron chi connectivity index (χ0n) is 22.2. The van der Waals surface area contributed by atoms with Crippen molar-refractivity contribution in [2.75, 3.05) is 24.2 Å². The molecule has 0 aliphatic rings. The number of nitrogens with zero attached hydrogens (tertiary/aromatic N) is 2. The number of anilines is 1. The second-order valence-electron chi connectivity index (χ2n) is 9.14. The SMILES string of the molecule is CCC(C)NC(=O)C(C)N(Cc1cccc(C)c1)C(=O)CCCN(c1ccc(OC)cc1)S(C)(=O)=O. The average Bonchev–Trinajstić information content (AvgIpc) is 2.83. The van der Waals surface area contributed by atoms with Gasteiger partial charge in [0.25, 0.3) is 0 Å². The summed E-state index contributed by atoms with van der Waals surface area (Å²) in [6.07, 6.45) is 2.35. The van der Waals surface area contributed by atoms with Gasteiger partial charge in [0.15, 0.2) is 0 Å². The molecule has 0 spiro atoms. The highest BCUT2D eigenvalue weighted by Crippen LogP contribution is 2.22. The number of benzene rings is 2. The number of carbonyl (C=O) groups is 2. The third-order valence-corrected chi connectivity index (χ3v) is 7.31. The fourth-order valence-corrected chi connectivity index (χ4v) is 4.77. The lowest BCUT2D eigenvalue weighted by Gasteiger charge is -2.30. The third-order valence-electron chi connectivity index (χ3n) is 6.12. The van der Waals surface area contributed by atoms with E-state index >= 15 is 0 Å². The van der Waals surface area contributed by atoms with E-state index in [1.807, 2.05) is 45.0 Å². The normalized spacial score (nSPS) is 12.9. The molecule has 0 aromatic heterocycles. The summed E-state index contributed by atoms with van der Waals surface area (Å²) >= 11 is 0. The summed E-state index contributed by atoms with van der Waals surface area (Å²) in [5.41, 5.74) is 2.51. The summed E-state index contributed by atoms with van der Waals surface area (Å²) in [5.74, 6) is 0.215. The maximum atomic E-state index is 13.3. The molecule has 198 valence electrons. The fraction of sp³-hybridized carbons (Fsp3) is 0.481. The molecule has 8 nitrogen and oxygen atoms in total. The summed E-state index contributed by atoms with van der Waals surface area (Å²) in [7, 11) is -2.01. The molecule has 0 fully saturated rings. The number of rotatable bonds is 13. The van der Waals surface area contributed by atoms with Gasteiger partial charge in [-0.1, -0.05) is 36.8 Å². The minimum absolute atomic E-state index is 0.00341. The van der Waals surface area contributed by atoms with Gasteiger partial charge < -0.3 is 15.0 Å². The van der Waals surface area contributed by atoms with Gasteiger partial charge in [-0.2, -0.15) is 0 Å². The predicted octanol–water partition coefficient (Wildman–Crippen LogP) is 3.88. The number of hydrogen-bond donors (Lipinski definition) is 1. The van der Waals surface area contributed by atoms with Crippen LogP contribution in [0.2, 0.25) is 0 Å². The first kappa shape index (κ1) is 29.2. The van der Waals surface area contributed by atoms with Gasteiger partial charge in [0.2, 0.25) is 21.8 Å². The van der Waals surface area contributed by atoms with Crippen molar-refractivity contribution in [1.82, 2.24) is 10.2 Å². The summed E-state index contributed by atoms with van der Waals surface area (Å²) in [6.45, 7) is 8.06. The predicted molar refractivity (Wildman–Crippen MR) is 144 cm³/mol. The fourth-order valence-electron chi connectivity index (χ4n) is 3.81. The van der Waals surface area contributed by atoms with E-state index in [0.29, 0.717) is 24.4 Å². The highest BCUT2D eigenvalue weighted by atomic mass is 32.2. The van der Waals surface area contributed by atoms with Crippen molar-refractivity contribution in [2.45, 2.75) is 65.6 Å². The standard InChI is InChI=1S/C27H39N3O5S/c1-7-21(3)28-27(32)22(4)29(19-23-11-8-10-20(2)18-23)26(31)12-9-17-30(36(6,33)34)24-13-15-25(35-5)16-14-24/h8,10-11,13-16,18,21-22H,7,9,12,17,19H2,1-6H3,(H,28,32). The highest BCUT2D eigenvalue weighted by Gasteiger charge is 2.27. The monoisotopic (exact) mass is 517 g/mol. The maximum absolute atomic E-state index is 13.3. The number of ether oxygens (including phenoxy) is 1. The maximum Gasteiger partial charge on any atom is 0.242 e. The Labute approximate surface area is 215 Å². The Balaban J connectivity index is 2.17. The quantitative estimate of drug-likeness (QED) is 0.435. The number of carbonyl (C=O) groups excluding carboxylic acids is 2. The van der Waals surface area contributed by atoms with Crippen molar-refractivity contribution in [3.63, 3.8) is 0 Å². The van der Waals surface area contributed by atoms with Crippen molar-refractivity contribution < 1.29 is 22.7 Å². The molecule has 2 aromatic carbocycles. The minimum Gasteiger partial charge on any atom is -0.497 e. The van der Waals surface area contributed by atoms with Crippen LogP contribution in [0.15, 0.2) is 48.5 Å². The molecule has 0 saturated heterocycles. The molecule has 0 bridgehead atoms. The van der Waals surface area contributed by atoms with Crippen molar-refractivity contribution in [3.8, 4) is 5.75 Å². The van der Waals surface area contributed by atoms with Gasteiger partial charge in [-0.05, 0) is 63.4 Å². The van der Waals surface area contributed by atoms with E-state index in [4.69, 9.17) is 4.74 Å². The molecule has 2 rings (SSSR count). The minimum atomic E-state index is -3.55. The smallest absolute Gasteiger partial charge is 0.242 e. The first-order valence-electron chi connectivity index (χ1n) is 12.2. The highest BCUT2D eigenvalue weighted by molar-refractivity contribution is 7.92. The molecule has 0 aliphatic carbocycles. The molecule has 0 aliphatic heterocycles. The summed E-state index contributed by atoms with van der Waals surface area (Å²) in [6, 6.07) is 13.9. The molecular weight excluding hydrogens is 478 g/mol. The molecule has 36 heavy (non-hydrogen) atoms. The molecule has 2 aromatic rings. The second kappa shape index (κ2) is 13.3. The zero-order chi connectivity index (χ0) is 26.9. The molecule has 2 amide bonds. The number of aryl methyl sites for hydroxylation is 1. The molecule has 2 unspecified atom stereocenters. The van der Waals surface area contributed by atoms with E-state index in [9.17, 15) is 18.0 Å². The van der Waals surface area contributed by atoms with Crippen LogP contribution in [0.5, 0.6) is 5.75 Å². The van der Waals surface area contributed by atoms with E-state index in [-0.39, 0.29) is 30.8 Å². The Morgan fingerprint density at radius 3 is 2.31 bits per heavy atom. The number of methoxy groups -OCH3 is 1. The van der Waals surface area contributed by atoms with Crippen LogP contribution in [0.1, 0.15) is 51.2 Å². The number of sulfonamides is 1. The Morgan fingerprint density at radius 2 is 1.75 bits per heavy atom. The van der Waals surface area contributed by atoms with Crippen LogP contribution < -0.4 is 14.4 Å². The topological polar surface area (TPSA) is 96.0 Å². The van der Waals surface area contributed by atoms with Crippen LogP contribution in [0.4, 0.5) is 5.69 Å². The van der Waals surface area contributed by atoms with Crippen molar-refractivity contribution in [2.24, 2.45) is 0 Å². The zero-order valence-corrected chi connectivity index (χ0v) is 23.0. The van der Waals surface area contributed by atoms with E-state index in [0.717, 1.165) is 23.8 Å². The summed E-state index contributed by atoms with van der Waals surface area (Å²) < 4.78 is 31.3. The van der Waals surface area contributed by atoms with Crippen LogP contribution in [-0.4, -0.2) is 57.1 Å². The number of nitrogens with one attached hydrogen (secondary N) is 1. The Kier molecular flexibility index (Phi) is 10.8. The molecule has 1 N–H and O–H groups in total. The first-order valence-corrected chi connectivity index (χ1v) is 14.1. The lowest BCUT2D eigenvalue weighted by molar-refractivity contribution is -0.140. The van der Waals surface area contributed by atoms with Crippen LogP contribution in [0.3, 0.4) is 0 Å². The third kappa shape index (κ3) is 8.55. The van der Waals surface area contributed by atoms with E-state index in [1.54, 1.807) is 43.2 Å². The molecular formula is C27H39N3O5S. The van der Waals surface area contributed by atoms with Gasteiger partial charge in [0, 0.05) is 25.6 Å². The first-order chi connectivity index (χ1) is 17.0. The van der Waals surface area contributed by atoms with E-state index in [1.165, 1.54) is 4.31 Å². The lowest BCUT2D eigenvalue weighted by atomic mass is 10.1. The van der Waals surface area contributed by atoms with Crippen molar-refractivity contribution in [1.29, 1.82) is 0 Å². The van der Waals surface area contributed by atoms with Crippen LogP contribution in [0.25, 0.3) is 0 Å². The molecule has 2 atom stereocenters. The van der Waals surface area contributed by atoms with Crippen molar-refractivity contribution >= 4 is 27.5 Å². The number of hydrogen-bond acceptors (Lipinski definition) is 5. The van der Waals surface area contributed by atoms with Crippen molar-refractivity contribution in [3.05, 3.63) is 59.7 Å². The molecule has 0 radical (unpaired) electrons. The average molecular weight is 518 g/mol. The van der Waals surface area contributed by atoms with E-state index < -0.39 is 16.1 Å². The Bertz CT molecular complexity index is 1120. The van der Waals surface area contributed by atoms with Gasteiger partial charge in [-0.25, -0.2) is 8.42 Å². The number of amides is 2. The van der Waals surface area contributed by atoms with Gasteiger partial charge >= 0.3 is 0 Å². The molecule has 0 saturated carbocycles.